The van der Waals surface area contributed by atoms with Crippen LogP contribution in [0.5, 0.6) is 5.75 Å². The van der Waals surface area contributed by atoms with Crippen LogP contribution >= 0.6 is 0 Å². The first kappa shape index (κ1) is 18.3. The van der Waals surface area contributed by atoms with Crippen LogP contribution in [0.2, 0.25) is 0 Å². The molecule has 1 aromatic rings. The molecule has 0 N–H and O–H groups in total. The molecule has 144 valence electrons. The molecular weight excluding hydrogens is 324 g/mol. The van der Waals surface area contributed by atoms with E-state index >= 15 is 0 Å². The third-order valence-corrected chi connectivity index (χ3v) is 6.22. The van der Waals surface area contributed by atoms with E-state index in [1.807, 2.05) is 0 Å². The lowest BCUT2D eigenvalue weighted by molar-refractivity contribution is -0.000188. The number of likely N-dealkylation sites (tertiary alicyclic amines) is 1. The maximum Gasteiger partial charge on any atom is 0.125 e. The smallest absolute Gasteiger partial charge is 0.125 e. The van der Waals surface area contributed by atoms with Crippen LogP contribution in [0.4, 0.5) is 0 Å². The molecule has 1 aromatic carbocycles. The van der Waals surface area contributed by atoms with Gasteiger partial charge in [-0.25, -0.2) is 0 Å². The first-order chi connectivity index (χ1) is 12.7. The molecule has 26 heavy (non-hydrogen) atoms. The fourth-order valence-corrected chi connectivity index (χ4v) is 4.75. The van der Waals surface area contributed by atoms with Crippen molar-refractivity contribution in [3.63, 3.8) is 0 Å². The zero-order valence-corrected chi connectivity index (χ0v) is 16.5. The van der Waals surface area contributed by atoms with E-state index in [1.54, 1.807) is 0 Å². The van der Waals surface area contributed by atoms with Gasteiger partial charge in [-0.15, -0.1) is 0 Å². The molecule has 4 nitrogen and oxygen atoms in total. The van der Waals surface area contributed by atoms with E-state index in [1.165, 1.54) is 62.0 Å². The molecule has 2 aliphatic heterocycles. The summed E-state index contributed by atoms with van der Waals surface area (Å²) in [6.45, 7) is 13.2. The summed E-state index contributed by atoms with van der Waals surface area (Å²) in [6, 6.07) is 4.68. The van der Waals surface area contributed by atoms with E-state index in [4.69, 9.17) is 9.47 Å². The Morgan fingerprint density at radius 2 is 1.62 bits per heavy atom. The van der Waals surface area contributed by atoms with Crippen LogP contribution in [0.15, 0.2) is 12.1 Å². The monoisotopic (exact) mass is 358 g/mol. The molecular formula is C22H34N2O2. The van der Waals surface area contributed by atoms with E-state index in [-0.39, 0.29) is 0 Å². The number of aryl methyl sites for hydroxylation is 2. The minimum atomic E-state index is 0.405. The van der Waals surface area contributed by atoms with Crippen LogP contribution in [0.3, 0.4) is 0 Å². The Balaban J connectivity index is 1.28. The van der Waals surface area contributed by atoms with Crippen molar-refractivity contribution in [3.8, 4) is 5.75 Å². The summed E-state index contributed by atoms with van der Waals surface area (Å²) in [5.41, 5.74) is 4.04. The van der Waals surface area contributed by atoms with Gasteiger partial charge < -0.3 is 9.47 Å². The summed E-state index contributed by atoms with van der Waals surface area (Å²) in [5.74, 6) is 1.93. The van der Waals surface area contributed by atoms with Gasteiger partial charge in [-0.2, -0.15) is 0 Å². The first-order valence-corrected chi connectivity index (χ1v) is 10.5. The quantitative estimate of drug-likeness (QED) is 0.778. The molecule has 1 saturated carbocycles. The molecule has 0 radical (unpaired) electrons. The number of rotatable bonds is 6. The molecule has 0 atom stereocenters. The zero-order valence-electron chi connectivity index (χ0n) is 16.5. The van der Waals surface area contributed by atoms with Crippen molar-refractivity contribution in [1.29, 1.82) is 0 Å². The molecule has 0 aromatic heterocycles. The van der Waals surface area contributed by atoms with Gasteiger partial charge in [0.15, 0.2) is 0 Å². The van der Waals surface area contributed by atoms with E-state index in [9.17, 15) is 0 Å². The number of benzene rings is 1. The third kappa shape index (κ3) is 4.41. The number of ether oxygens (including phenoxy) is 2. The summed E-state index contributed by atoms with van der Waals surface area (Å²) < 4.78 is 11.8. The van der Waals surface area contributed by atoms with Crippen molar-refractivity contribution in [2.24, 2.45) is 5.92 Å². The number of hydrogen-bond donors (Lipinski definition) is 0. The normalized spacial score (nSPS) is 27.5. The molecule has 0 bridgehead atoms. The minimum Gasteiger partial charge on any atom is -0.490 e. The van der Waals surface area contributed by atoms with Crippen LogP contribution in [-0.2, 0) is 11.3 Å². The molecule has 0 spiro atoms. The SMILES string of the molecule is Cc1cc(CN2CCCC2)cc(C)c1OC1CC(CN2CCOCC2)C1. The third-order valence-electron chi connectivity index (χ3n) is 6.22. The molecule has 4 rings (SSSR count). The predicted molar refractivity (Wildman–Crippen MR) is 105 cm³/mol. The lowest BCUT2D eigenvalue weighted by Crippen LogP contribution is -2.45. The highest BCUT2D eigenvalue weighted by Crippen LogP contribution is 2.35. The fraction of sp³-hybridized carbons (Fsp3) is 0.727. The topological polar surface area (TPSA) is 24.9 Å². The fourth-order valence-electron chi connectivity index (χ4n) is 4.75. The van der Waals surface area contributed by atoms with Crippen LogP contribution in [-0.4, -0.2) is 61.8 Å². The number of morpholine rings is 1. The first-order valence-electron chi connectivity index (χ1n) is 10.5. The van der Waals surface area contributed by atoms with Crippen molar-refractivity contribution >= 4 is 0 Å². The Kier molecular flexibility index (Phi) is 5.82. The van der Waals surface area contributed by atoms with Gasteiger partial charge in [-0.3, -0.25) is 9.80 Å². The molecule has 4 heteroatoms. The van der Waals surface area contributed by atoms with Crippen molar-refractivity contribution < 1.29 is 9.47 Å². The summed E-state index contributed by atoms with van der Waals surface area (Å²) in [4.78, 5) is 5.12. The number of nitrogens with zero attached hydrogens (tertiary/aromatic N) is 2. The lowest BCUT2D eigenvalue weighted by Gasteiger charge is -2.40. The minimum absolute atomic E-state index is 0.405. The van der Waals surface area contributed by atoms with E-state index in [0.717, 1.165) is 44.5 Å². The molecule has 3 aliphatic rings. The van der Waals surface area contributed by atoms with Gasteiger partial charge >= 0.3 is 0 Å². The van der Waals surface area contributed by atoms with Crippen molar-refractivity contribution in [3.05, 3.63) is 28.8 Å². The molecule has 0 amide bonds. The molecule has 1 aliphatic carbocycles. The van der Waals surface area contributed by atoms with Crippen LogP contribution in [0.25, 0.3) is 0 Å². The summed E-state index contributed by atoms with van der Waals surface area (Å²) in [6.07, 6.45) is 5.51. The largest absolute Gasteiger partial charge is 0.490 e. The second-order valence-electron chi connectivity index (χ2n) is 8.53. The van der Waals surface area contributed by atoms with E-state index in [2.05, 4.69) is 35.8 Å². The molecule has 0 unspecified atom stereocenters. The van der Waals surface area contributed by atoms with Crippen molar-refractivity contribution in [1.82, 2.24) is 9.80 Å². The maximum absolute atomic E-state index is 6.40. The highest BCUT2D eigenvalue weighted by molar-refractivity contribution is 5.43. The average Bonchev–Trinajstić information content (AvgIpc) is 3.09. The summed E-state index contributed by atoms with van der Waals surface area (Å²) in [7, 11) is 0. The highest BCUT2D eigenvalue weighted by Gasteiger charge is 2.33. The van der Waals surface area contributed by atoms with Gasteiger partial charge in [0.05, 0.1) is 19.3 Å². The van der Waals surface area contributed by atoms with E-state index < -0.39 is 0 Å². The summed E-state index contributed by atoms with van der Waals surface area (Å²) >= 11 is 0. The second kappa shape index (κ2) is 8.28. The average molecular weight is 359 g/mol. The molecule has 2 saturated heterocycles. The lowest BCUT2D eigenvalue weighted by atomic mass is 9.81. The van der Waals surface area contributed by atoms with Gasteiger partial charge in [0, 0.05) is 26.2 Å². The second-order valence-corrected chi connectivity index (χ2v) is 8.53. The zero-order chi connectivity index (χ0) is 17.9. The van der Waals surface area contributed by atoms with Gasteiger partial charge in [-0.05, 0) is 75.2 Å². The van der Waals surface area contributed by atoms with Crippen LogP contribution in [0.1, 0.15) is 42.4 Å². The van der Waals surface area contributed by atoms with Gasteiger partial charge in [-0.1, -0.05) is 12.1 Å². The Morgan fingerprint density at radius 3 is 2.27 bits per heavy atom. The standard InChI is InChI=1S/C22H34N2O2/c1-17-11-19(15-23-5-3-4-6-23)12-18(2)22(17)26-21-13-20(14-21)16-24-7-9-25-10-8-24/h11-12,20-21H,3-10,13-16H2,1-2H3. The Bertz CT molecular complexity index is 577. The van der Waals surface area contributed by atoms with Gasteiger partial charge in [0.25, 0.3) is 0 Å². The number of hydrogen-bond acceptors (Lipinski definition) is 4. The molecule has 3 fully saturated rings. The van der Waals surface area contributed by atoms with Crippen LogP contribution in [0, 0.1) is 19.8 Å². The van der Waals surface area contributed by atoms with Crippen LogP contribution < -0.4 is 4.74 Å². The highest BCUT2D eigenvalue weighted by atomic mass is 16.5. The van der Waals surface area contributed by atoms with Gasteiger partial charge in [0.1, 0.15) is 5.75 Å². The Labute approximate surface area is 158 Å². The maximum atomic E-state index is 6.40. The Hall–Kier alpha value is -1.10. The van der Waals surface area contributed by atoms with E-state index in [0.29, 0.717) is 6.10 Å². The van der Waals surface area contributed by atoms with Crippen molar-refractivity contribution in [2.75, 3.05) is 45.9 Å². The Morgan fingerprint density at radius 1 is 0.962 bits per heavy atom. The van der Waals surface area contributed by atoms with Crippen molar-refractivity contribution in [2.45, 2.75) is 52.2 Å². The van der Waals surface area contributed by atoms with Gasteiger partial charge in [0.2, 0.25) is 0 Å². The summed E-state index contributed by atoms with van der Waals surface area (Å²) in [5, 5.41) is 0. The predicted octanol–water partition coefficient (Wildman–Crippen LogP) is 3.39. The molecule has 2 heterocycles.